The van der Waals surface area contributed by atoms with Gasteiger partial charge in [0.05, 0.1) is 5.25 Å². The number of nitrogens with one attached hydrogen (secondary N) is 1. The molecule has 0 radical (unpaired) electrons. The molecule has 0 spiro atoms. The normalized spacial score (nSPS) is 27.5. The Hall–Kier alpha value is 0.110. The summed E-state index contributed by atoms with van der Waals surface area (Å²) in [6.45, 7) is -0.521. The molecule has 88 valence electrons. The summed E-state index contributed by atoms with van der Waals surface area (Å²) in [5, 5.41) is 7.98. The topological polar surface area (TPSA) is 83.5 Å². The summed E-state index contributed by atoms with van der Waals surface area (Å²) in [4.78, 5) is 10.3. The number of alkyl halides is 1. The summed E-state index contributed by atoms with van der Waals surface area (Å²) in [6.07, 6.45) is 3.03. The van der Waals surface area contributed by atoms with E-state index in [-0.39, 0.29) is 0 Å². The third-order valence-electron chi connectivity index (χ3n) is 2.47. The van der Waals surface area contributed by atoms with Crippen molar-refractivity contribution in [2.75, 3.05) is 6.54 Å². The fourth-order valence-corrected chi connectivity index (χ4v) is 3.78. The lowest BCUT2D eigenvalue weighted by molar-refractivity contribution is -0.135. The van der Waals surface area contributed by atoms with Gasteiger partial charge in [-0.25, -0.2) is 13.1 Å². The predicted octanol–water partition coefficient (Wildman–Crippen LogP) is 0.737. The van der Waals surface area contributed by atoms with Crippen LogP contribution in [0.5, 0.6) is 0 Å². The Morgan fingerprint density at radius 2 is 1.87 bits per heavy atom. The third kappa shape index (κ3) is 4.23. The summed E-state index contributed by atoms with van der Waals surface area (Å²) >= 11 is 2.32. The van der Waals surface area contributed by atoms with Gasteiger partial charge in [0.25, 0.3) is 0 Å². The summed E-state index contributed by atoms with van der Waals surface area (Å²) in [7, 11) is -3.44. The van der Waals surface area contributed by atoms with Gasteiger partial charge in [-0.1, -0.05) is 22.6 Å². The molecule has 0 heterocycles. The van der Waals surface area contributed by atoms with Gasteiger partial charge in [0.15, 0.2) is 0 Å². The molecular weight excluding hydrogens is 333 g/mol. The van der Waals surface area contributed by atoms with E-state index < -0.39 is 27.8 Å². The van der Waals surface area contributed by atoms with Crippen LogP contribution in [0.3, 0.4) is 0 Å². The van der Waals surface area contributed by atoms with E-state index >= 15 is 0 Å². The average molecular weight is 347 g/mol. The number of aliphatic carboxylic acids is 1. The second-order valence-electron chi connectivity index (χ2n) is 3.63. The van der Waals surface area contributed by atoms with Crippen molar-refractivity contribution >= 4 is 38.6 Å². The van der Waals surface area contributed by atoms with Crippen LogP contribution in [0.15, 0.2) is 0 Å². The molecule has 0 bridgehead atoms. The van der Waals surface area contributed by atoms with Crippen molar-refractivity contribution in [1.29, 1.82) is 0 Å². The molecule has 0 atom stereocenters. The maximum atomic E-state index is 11.6. The number of halogens is 1. The Morgan fingerprint density at radius 1 is 1.33 bits per heavy atom. The predicted molar refractivity (Wildman–Crippen MR) is 64.6 cm³/mol. The molecule has 0 saturated heterocycles. The van der Waals surface area contributed by atoms with E-state index in [1.165, 1.54) is 0 Å². The smallest absolute Gasteiger partial charge is 0.318 e. The van der Waals surface area contributed by atoms with E-state index in [0.717, 1.165) is 12.8 Å². The number of hydrogen-bond donors (Lipinski definition) is 2. The third-order valence-corrected chi connectivity index (χ3v) is 5.61. The molecule has 0 aromatic heterocycles. The van der Waals surface area contributed by atoms with Crippen molar-refractivity contribution in [3.8, 4) is 0 Å². The Balaban J connectivity index is 2.50. The Morgan fingerprint density at radius 3 is 2.33 bits per heavy atom. The molecule has 0 aromatic carbocycles. The molecule has 1 saturated carbocycles. The molecule has 1 aliphatic rings. The number of carboxylic acid groups (broad SMARTS) is 1. The lowest BCUT2D eigenvalue weighted by Crippen LogP contribution is -2.39. The SMILES string of the molecule is O=C(O)CNS(=O)(=O)C1CCC(I)CC1. The van der Waals surface area contributed by atoms with Crippen molar-refractivity contribution < 1.29 is 18.3 Å². The average Bonchev–Trinajstić information content (AvgIpc) is 2.16. The molecule has 0 amide bonds. The van der Waals surface area contributed by atoms with Crippen molar-refractivity contribution in [1.82, 2.24) is 4.72 Å². The molecule has 2 N–H and O–H groups in total. The number of rotatable bonds is 4. The van der Waals surface area contributed by atoms with Crippen LogP contribution in [0, 0.1) is 0 Å². The molecule has 0 aliphatic heterocycles. The highest BCUT2D eigenvalue weighted by Crippen LogP contribution is 2.28. The van der Waals surface area contributed by atoms with Crippen LogP contribution in [0.25, 0.3) is 0 Å². The van der Waals surface area contributed by atoms with Crippen LogP contribution in [0.2, 0.25) is 0 Å². The number of carboxylic acids is 1. The van der Waals surface area contributed by atoms with Crippen LogP contribution in [-0.4, -0.2) is 35.2 Å². The molecular formula is C8H14INO4S. The van der Waals surface area contributed by atoms with Crippen LogP contribution in [0.1, 0.15) is 25.7 Å². The van der Waals surface area contributed by atoms with Gasteiger partial charge in [-0.05, 0) is 25.7 Å². The zero-order valence-electron chi connectivity index (χ0n) is 8.15. The minimum Gasteiger partial charge on any atom is -0.480 e. The minimum absolute atomic E-state index is 0.414. The van der Waals surface area contributed by atoms with Crippen molar-refractivity contribution in [2.24, 2.45) is 0 Å². The first kappa shape index (κ1) is 13.2. The molecule has 0 aromatic rings. The van der Waals surface area contributed by atoms with E-state index in [2.05, 4.69) is 27.3 Å². The van der Waals surface area contributed by atoms with Gasteiger partial charge in [-0.15, -0.1) is 0 Å². The fourth-order valence-electron chi connectivity index (χ4n) is 1.61. The first-order chi connectivity index (χ1) is 6.92. The van der Waals surface area contributed by atoms with Crippen LogP contribution >= 0.6 is 22.6 Å². The van der Waals surface area contributed by atoms with Crippen LogP contribution in [0.4, 0.5) is 0 Å². The minimum atomic E-state index is -3.44. The Bertz CT molecular complexity index is 322. The summed E-state index contributed by atoms with van der Waals surface area (Å²) < 4.78 is 25.9. The highest BCUT2D eigenvalue weighted by atomic mass is 127. The van der Waals surface area contributed by atoms with Crippen molar-refractivity contribution in [3.05, 3.63) is 0 Å². The van der Waals surface area contributed by atoms with E-state index in [1.807, 2.05) is 0 Å². The highest BCUT2D eigenvalue weighted by molar-refractivity contribution is 14.1. The van der Waals surface area contributed by atoms with Gasteiger partial charge in [-0.3, -0.25) is 4.79 Å². The fraction of sp³-hybridized carbons (Fsp3) is 0.875. The largest absolute Gasteiger partial charge is 0.480 e. The van der Waals surface area contributed by atoms with Crippen molar-refractivity contribution in [3.63, 3.8) is 0 Å². The summed E-state index contributed by atoms with van der Waals surface area (Å²) in [6, 6.07) is 0. The highest BCUT2D eigenvalue weighted by Gasteiger charge is 2.29. The number of sulfonamides is 1. The van der Waals surface area contributed by atoms with Gasteiger partial charge in [0.2, 0.25) is 10.0 Å². The summed E-state index contributed by atoms with van der Waals surface area (Å²) in [5.41, 5.74) is 0. The van der Waals surface area contributed by atoms with E-state index in [4.69, 9.17) is 5.11 Å². The zero-order valence-corrected chi connectivity index (χ0v) is 11.1. The second kappa shape index (κ2) is 5.44. The molecule has 7 heteroatoms. The number of carbonyl (C=O) groups is 1. The quantitative estimate of drug-likeness (QED) is 0.580. The van der Waals surface area contributed by atoms with E-state index in [9.17, 15) is 13.2 Å². The van der Waals surface area contributed by atoms with E-state index in [0.29, 0.717) is 16.8 Å². The van der Waals surface area contributed by atoms with Gasteiger partial charge in [0.1, 0.15) is 6.54 Å². The first-order valence-corrected chi connectivity index (χ1v) is 7.55. The molecule has 1 fully saturated rings. The van der Waals surface area contributed by atoms with Gasteiger partial charge in [-0.2, -0.15) is 0 Å². The van der Waals surface area contributed by atoms with Gasteiger partial charge < -0.3 is 5.11 Å². The van der Waals surface area contributed by atoms with Crippen molar-refractivity contribution in [2.45, 2.75) is 34.9 Å². The van der Waals surface area contributed by atoms with E-state index in [1.54, 1.807) is 0 Å². The molecule has 5 nitrogen and oxygen atoms in total. The van der Waals surface area contributed by atoms with Crippen LogP contribution < -0.4 is 4.72 Å². The lowest BCUT2D eigenvalue weighted by atomic mass is 10.0. The maximum Gasteiger partial charge on any atom is 0.318 e. The van der Waals surface area contributed by atoms with Crippen LogP contribution in [-0.2, 0) is 14.8 Å². The first-order valence-electron chi connectivity index (χ1n) is 4.76. The molecule has 1 aliphatic carbocycles. The Labute approximate surface area is 103 Å². The molecule has 1 rings (SSSR count). The standard InChI is InChI=1S/C8H14INO4S/c9-6-1-3-7(4-2-6)15(13,14)10-5-8(11)12/h6-7,10H,1-5H2,(H,11,12). The lowest BCUT2D eigenvalue weighted by Gasteiger charge is -2.24. The maximum absolute atomic E-state index is 11.6. The second-order valence-corrected chi connectivity index (χ2v) is 7.44. The summed E-state index contributed by atoms with van der Waals surface area (Å²) in [5.74, 6) is -1.15. The number of hydrogen-bond acceptors (Lipinski definition) is 3. The Kier molecular flexibility index (Phi) is 4.78. The molecule has 0 unspecified atom stereocenters. The molecule has 15 heavy (non-hydrogen) atoms. The monoisotopic (exact) mass is 347 g/mol. The zero-order chi connectivity index (χ0) is 11.5. The van der Waals surface area contributed by atoms with Gasteiger partial charge >= 0.3 is 5.97 Å². The van der Waals surface area contributed by atoms with Gasteiger partial charge in [0, 0.05) is 3.92 Å².